The summed E-state index contributed by atoms with van der Waals surface area (Å²) in [5.74, 6) is 0.701. The van der Waals surface area contributed by atoms with Crippen LogP contribution in [0.25, 0.3) is 0 Å². The molecule has 2 aliphatic carbocycles. The van der Waals surface area contributed by atoms with Crippen molar-refractivity contribution in [2.24, 2.45) is 5.92 Å². The summed E-state index contributed by atoms with van der Waals surface area (Å²) in [6.07, 6.45) is 12.7. The summed E-state index contributed by atoms with van der Waals surface area (Å²) < 4.78 is 0. The molecule has 1 nitrogen and oxygen atoms in total. The van der Waals surface area contributed by atoms with Gasteiger partial charge in [0, 0.05) is 11.5 Å². The molecule has 0 aromatic rings. The zero-order valence-corrected chi connectivity index (χ0v) is 7.40. The molecular weight excluding hydrogens is 160 g/mol. The maximum absolute atomic E-state index is 9.59. The fourth-order valence-electron chi connectivity index (χ4n) is 1.62. The minimum Gasteiger partial charge on any atom is -0.508 e. The number of fused-ring (bicyclic) bond motifs is 1. The van der Waals surface area contributed by atoms with Gasteiger partial charge in [0.15, 0.2) is 0 Å². The molecule has 2 rings (SSSR count). The van der Waals surface area contributed by atoms with Gasteiger partial charge in [-0.15, -0.1) is 0 Å². The normalized spacial score (nSPS) is 26.2. The van der Waals surface area contributed by atoms with Gasteiger partial charge in [-0.1, -0.05) is 37.0 Å². The van der Waals surface area contributed by atoms with Crippen LogP contribution in [0.2, 0.25) is 0 Å². The zero-order chi connectivity index (χ0) is 9.26. The smallest absolute Gasteiger partial charge is 0.119 e. The Hall–Kier alpha value is -1.50. The minimum absolute atomic E-state index is 0.320. The van der Waals surface area contributed by atoms with Crippen LogP contribution in [-0.4, -0.2) is 5.11 Å². The Kier molecular flexibility index (Phi) is 1.93. The summed E-state index contributed by atoms with van der Waals surface area (Å²) in [5, 5.41) is 9.59. The molecule has 0 spiro atoms. The Morgan fingerprint density at radius 1 is 1.23 bits per heavy atom. The van der Waals surface area contributed by atoms with E-state index in [0.717, 1.165) is 17.6 Å². The highest BCUT2D eigenvalue weighted by Crippen LogP contribution is 2.29. The molecule has 0 aliphatic heterocycles. The Morgan fingerprint density at radius 2 is 2.08 bits per heavy atom. The lowest BCUT2D eigenvalue weighted by Gasteiger charge is -2.15. The number of aliphatic hydroxyl groups excluding tert-OH is 1. The monoisotopic (exact) mass is 172 g/mol. The highest BCUT2D eigenvalue weighted by Gasteiger charge is 2.16. The van der Waals surface area contributed by atoms with E-state index < -0.39 is 0 Å². The fraction of sp³-hybridized carbons (Fsp3) is 0.167. The van der Waals surface area contributed by atoms with Crippen LogP contribution in [0.1, 0.15) is 6.42 Å². The van der Waals surface area contributed by atoms with Crippen LogP contribution in [0.4, 0.5) is 0 Å². The van der Waals surface area contributed by atoms with Gasteiger partial charge in [0.05, 0.1) is 0 Å². The summed E-state index contributed by atoms with van der Waals surface area (Å²) in [6.45, 7) is 3.86. The Balaban J connectivity index is 2.45. The lowest BCUT2D eigenvalue weighted by molar-refractivity contribution is 0.416. The predicted molar refractivity (Wildman–Crippen MR) is 54.3 cm³/mol. The van der Waals surface area contributed by atoms with Gasteiger partial charge in [-0.3, -0.25) is 0 Å². The topological polar surface area (TPSA) is 20.2 Å². The SMILES string of the molecule is C=C1C=CC2=C(O)C=CCC2C=C1. The van der Waals surface area contributed by atoms with E-state index in [9.17, 15) is 5.11 Å². The van der Waals surface area contributed by atoms with Gasteiger partial charge >= 0.3 is 0 Å². The molecule has 0 radical (unpaired) electrons. The second-order valence-corrected chi connectivity index (χ2v) is 3.35. The molecule has 0 amide bonds. The lowest BCUT2D eigenvalue weighted by Crippen LogP contribution is -2.04. The molecule has 1 atom stereocenters. The third-order valence-electron chi connectivity index (χ3n) is 2.38. The van der Waals surface area contributed by atoms with Crippen LogP contribution < -0.4 is 0 Å². The van der Waals surface area contributed by atoms with Gasteiger partial charge in [0.1, 0.15) is 5.76 Å². The van der Waals surface area contributed by atoms with Crippen molar-refractivity contribution in [3.8, 4) is 0 Å². The molecular formula is C12H12O. The number of hydrogen-bond donors (Lipinski definition) is 1. The highest BCUT2D eigenvalue weighted by molar-refractivity contribution is 5.44. The largest absolute Gasteiger partial charge is 0.508 e. The highest BCUT2D eigenvalue weighted by atomic mass is 16.3. The van der Waals surface area contributed by atoms with Crippen LogP contribution in [0.3, 0.4) is 0 Å². The second kappa shape index (κ2) is 3.09. The first-order valence-corrected chi connectivity index (χ1v) is 4.42. The first-order chi connectivity index (χ1) is 6.27. The Bertz CT molecular complexity index is 353. The quantitative estimate of drug-likeness (QED) is 0.595. The summed E-state index contributed by atoms with van der Waals surface area (Å²) in [6, 6.07) is 0. The van der Waals surface area contributed by atoms with Gasteiger partial charge in [-0.05, 0) is 18.1 Å². The van der Waals surface area contributed by atoms with Gasteiger partial charge in [-0.2, -0.15) is 0 Å². The van der Waals surface area contributed by atoms with E-state index in [1.165, 1.54) is 0 Å². The standard InChI is InChI=1S/C12H12O/c1-9-5-7-10-3-2-4-12(13)11(10)8-6-9/h2,4-8,10,13H,1,3H2. The van der Waals surface area contributed by atoms with Gasteiger partial charge < -0.3 is 5.11 Å². The summed E-state index contributed by atoms with van der Waals surface area (Å²) in [7, 11) is 0. The van der Waals surface area contributed by atoms with Gasteiger partial charge in [0.25, 0.3) is 0 Å². The van der Waals surface area contributed by atoms with Crippen molar-refractivity contribution in [1.82, 2.24) is 0 Å². The predicted octanol–water partition coefficient (Wildman–Crippen LogP) is 3.06. The average Bonchev–Trinajstić information content (AvgIpc) is 2.30. The molecule has 0 bridgehead atoms. The maximum Gasteiger partial charge on any atom is 0.119 e. The van der Waals surface area contributed by atoms with Crippen molar-refractivity contribution in [1.29, 1.82) is 0 Å². The number of aliphatic hydroxyl groups is 1. The molecule has 0 fully saturated rings. The van der Waals surface area contributed by atoms with E-state index in [0.29, 0.717) is 11.7 Å². The summed E-state index contributed by atoms with van der Waals surface area (Å²) in [4.78, 5) is 0. The molecule has 0 aromatic carbocycles. The van der Waals surface area contributed by atoms with Crippen molar-refractivity contribution in [2.45, 2.75) is 6.42 Å². The molecule has 13 heavy (non-hydrogen) atoms. The van der Waals surface area contributed by atoms with E-state index in [-0.39, 0.29) is 0 Å². The van der Waals surface area contributed by atoms with Crippen molar-refractivity contribution in [3.05, 3.63) is 59.9 Å². The maximum atomic E-state index is 9.59. The second-order valence-electron chi connectivity index (χ2n) is 3.35. The van der Waals surface area contributed by atoms with E-state index >= 15 is 0 Å². The third-order valence-corrected chi connectivity index (χ3v) is 2.38. The number of hydrogen-bond acceptors (Lipinski definition) is 1. The van der Waals surface area contributed by atoms with E-state index in [4.69, 9.17) is 0 Å². The van der Waals surface area contributed by atoms with Crippen molar-refractivity contribution < 1.29 is 5.11 Å². The molecule has 1 N–H and O–H groups in total. The van der Waals surface area contributed by atoms with Crippen LogP contribution in [0, 0.1) is 5.92 Å². The molecule has 0 aromatic heterocycles. The molecule has 0 heterocycles. The molecule has 1 heteroatoms. The van der Waals surface area contributed by atoms with Crippen molar-refractivity contribution in [2.75, 3.05) is 0 Å². The van der Waals surface area contributed by atoms with Crippen LogP contribution in [0.15, 0.2) is 59.9 Å². The van der Waals surface area contributed by atoms with Crippen molar-refractivity contribution in [3.63, 3.8) is 0 Å². The lowest BCUT2D eigenvalue weighted by atomic mass is 9.91. The van der Waals surface area contributed by atoms with E-state index in [1.54, 1.807) is 6.08 Å². The van der Waals surface area contributed by atoms with Crippen LogP contribution >= 0.6 is 0 Å². The summed E-state index contributed by atoms with van der Waals surface area (Å²) in [5.41, 5.74) is 1.98. The van der Waals surface area contributed by atoms with Crippen molar-refractivity contribution >= 4 is 0 Å². The minimum atomic E-state index is 0.320. The third kappa shape index (κ3) is 1.50. The molecule has 0 saturated heterocycles. The van der Waals surface area contributed by atoms with Crippen LogP contribution in [0.5, 0.6) is 0 Å². The molecule has 0 saturated carbocycles. The van der Waals surface area contributed by atoms with E-state index in [1.807, 2.05) is 24.3 Å². The zero-order valence-electron chi connectivity index (χ0n) is 7.40. The van der Waals surface area contributed by atoms with Gasteiger partial charge in [-0.25, -0.2) is 0 Å². The number of allylic oxidation sites excluding steroid dienone is 8. The first-order valence-electron chi connectivity index (χ1n) is 4.42. The fourth-order valence-corrected chi connectivity index (χ4v) is 1.62. The summed E-state index contributed by atoms with van der Waals surface area (Å²) >= 11 is 0. The first kappa shape index (κ1) is 8.11. The molecule has 1 unspecified atom stereocenters. The van der Waals surface area contributed by atoms with E-state index in [2.05, 4.69) is 12.7 Å². The molecule has 2 aliphatic rings. The van der Waals surface area contributed by atoms with Crippen LogP contribution in [-0.2, 0) is 0 Å². The Labute approximate surface area is 78.1 Å². The Morgan fingerprint density at radius 3 is 2.92 bits per heavy atom. The van der Waals surface area contributed by atoms with Gasteiger partial charge in [0.2, 0.25) is 0 Å². The average molecular weight is 172 g/mol. The number of rotatable bonds is 0. The molecule has 66 valence electrons.